The highest BCUT2D eigenvalue weighted by atomic mass is 16.4. The number of unbranched alkanes of at least 4 members (excludes halogenated alkanes) is 1. The molecular formula is C12H20N4O2. The lowest BCUT2D eigenvalue weighted by Gasteiger charge is -2.09. The van der Waals surface area contributed by atoms with Crippen LogP contribution in [0.15, 0.2) is 6.20 Å². The summed E-state index contributed by atoms with van der Waals surface area (Å²) in [5.41, 5.74) is 0.626. The summed E-state index contributed by atoms with van der Waals surface area (Å²) >= 11 is 0. The van der Waals surface area contributed by atoms with Crippen LogP contribution >= 0.6 is 0 Å². The highest BCUT2D eigenvalue weighted by molar-refractivity contribution is 5.88. The van der Waals surface area contributed by atoms with E-state index in [0.717, 1.165) is 25.9 Å². The third-order valence-electron chi connectivity index (χ3n) is 2.52. The molecule has 0 fully saturated rings. The third-order valence-corrected chi connectivity index (χ3v) is 2.52. The summed E-state index contributed by atoms with van der Waals surface area (Å²) in [6.07, 6.45) is 3.47. The predicted molar refractivity (Wildman–Crippen MR) is 70.0 cm³/mol. The van der Waals surface area contributed by atoms with Crippen LogP contribution in [0.2, 0.25) is 0 Å². The highest BCUT2D eigenvalue weighted by Crippen LogP contribution is 2.07. The number of carboxylic acid groups (broad SMARTS) is 1. The topological polar surface area (TPSA) is 78.4 Å². The summed E-state index contributed by atoms with van der Waals surface area (Å²) in [7, 11) is 4.09. The van der Waals surface area contributed by atoms with Crippen molar-refractivity contribution < 1.29 is 9.90 Å². The zero-order chi connectivity index (χ0) is 13.5. The first kappa shape index (κ1) is 14.4. The van der Waals surface area contributed by atoms with E-state index in [0.29, 0.717) is 11.6 Å². The van der Waals surface area contributed by atoms with Crippen molar-refractivity contribution in [1.82, 2.24) is 14.9 Å². The van der Waals surface area contributed by atoms with Crippen molar-refractivity contribution in [2.75, 3.05) is 32.5 Å². The smallest absolute Gasteiger partial charge is 0.339 e. The van der Waals surface area contributed by atoms with Gasteiger partial charge in [0.1, 0.15) is 0 Å². The molecule has 0 saturated heterocycles. The molecule has 6 heteroatoms. The number of anilines is 1. The number of aromatic nitrogens is 2. The number of nitrogens with zero attached hydrogens (tertiary/aromatic N) is 3. The van der Waals surface area contributed by atoms with Crippen LogP contribution in [0.1, 0.15) is 28.9 Å². The van der Waals surface area contributed by atoms with Crippen LogP contribution in [0.25, 0.3) is 0 Å². The zero-order valence-electron chi connectivity index (χ0n) is 11.1. The van der Waals surface area contributed by atoms with E-state index < -0.39 is 5.97 Å². The van der Waals surface area contributed by atoms with E-state index in [2.05, 4.69) is 20.2 Å². The Hall–Kier alpha value is -1.69. The van der Waals surface area contributed by atoms with Gasteiger partial charge in [-0.05, 0) is 40.4 Å². The summed E-state index contributed by atoms with van der Waals surface area (Å²) in [5.74, 6) is -0.507. The minimum absolute atomic E-state index is 0.146. The molecule has 0 amide bonds. The monoisotopic (exact) mass is 252 g/mol. The van der Waals surface area contributed by atoms with Gasteiger partial charge in [-0.2, -0.15) is 0 Å². The van der Waals surface area contributed by atoms with E-state index in [4.69, 9.17) is 5.11 Å². The van der Waals surface area contributed by atoms with Crippen molar-refractivity contribution in [3.05, 3.63) is 17.5 Å². The largest absolute Gasteiger partial charge is 0.478 e. The van der Waals surface area contributed by atoms with Crippen LogP contribution in [-0.2, 0) is 0 Å². The number of carboxylic acids is 1. The summed E-state index contributed by atoms with van der Waals surface area (Å²) in [6, 6.07) is 0. The van der Waals surface area contributed by atoms with Crippen LogP contribution in [0, 0.1) is 6.92 Å². The molecule has 0 aromatic carbocycles. The van der Waals surface area contributed by atoms with Gasteiger partial charge in [0, 0.05) is 12.7 Å². The predicted octanol–water partition coefficient (Wildman–Crippen LogP) is 1.24. The van der Waals surface area contributed by atoms with Crippen LogP contribution in [-0.4, -0.2) is 53.1 Å². The summed E-state index contributed by atoms with van der Waals surface area (Å²) in [6.45, 7) is 3.52. The van der Waals surface area contributed by atoms with Gasteiger partial charge in [0.25, 0.3) is 0 Å². The first-order chi connectivity index (χ1) is 8.50. The number of nitrogens with one attached hydrogen (secondary N) is 1. The fraction of sp³-hybridized carbons (Fsp3) is 0.583. The molecule has 0 aliphatic carbocycles. The molecule has 0 aliphatic heterocycles. The second kappa shape index (κ2) is 6.90. The third kappa shape index (κ3) is 4.67. The molecule has 1 aromatic heterocycles. The van der Waals surface area contributed by atoms with Crippen molar-refractivity contribution in [3.63, 3.8) is 0 Å². The lowest BCUT2D eigenvalue weighted by Crippen LogP contribution is -2.15. The van der Waals surface area contributed by atoms with E-state index in [9.17, 15) is 4.79 Å². The van der Waals surface area contributed by atoms with E-state index in [1.807, 2.05) is 14.1 Å². The van der Waals surface area contributed by atoms with Crippen LogP contribution in [0.3, 0.4) is 0 Å². The maximum atomic E-state index is 10.8. The maximum absolute atomic E-state index is 10.8. The Morgan fingerprint density at radius 1 is 1.44 bits per heavy atom. The van der Waals surface area contributed by atoms with Gasteiger partial charge in [-0.25, -0.2) is 14.8 Å². The van der Waals surface area contributed by atoms with Gasteiger partial charge in [0.2, 0.25) is 5.95 Å². The van der Waals surface area contributed by atoms with Crippen molar-refractivity contribution >= 4 is 11.9 Å². The van der Waals surface area contributed by atoms with Crippen molar-refractivity contribution in [2.45, 2.75) is 19.8 Å². The number of carbonyl (C=O) groups is 1. The molecule has 1 aromatic rings. The molecule has 2 N–H and O–H groups in total. The summed E-state index contributed by atoms with van der Waals surface area (Å²) in [5, 5.41) is 11.9. The Labute approximate surface area is 107 Å². The fourth-order valence-corrected chi connectivity index (χ4v) is 1.52. The molecule has 0 spiro atoms. The number of rotatable bonds is 7. The maximum Gasteiger partial charge on any atom is 0.339 e. The minimum Gasteiger partial charge on any atom is -0.478 e. The van der Waals surface area contributed by atoms with E-state index in [1.165, 1.54) is 6.20 Å². The second-order valence-corrected chi connectivity index (χ2v) is 4.44. The molecule has 0 aliphatic rings. The highest BCUT2D eigenvalue weighted by Gasteiger charge is 2.09. The van der Waals surface area contributed by atoms with Crippen molar-refractivity contribution in [2.24, 2.45) is 0 Å². The quantitative estimate of drug-likeness (QED) is 0.711. The van der Waals surface area contributed by atoms with Gasteiger partial charge in [0.05, 0.1) is 11.3 Å². The molecule has 0 unspecified atom stereocenters. The Morgan fingerprint density at radius 2 is 2.17 bits per heavy atom. The Bertz CT molecular complexity index is 407. The fourth-order valence-electron chi connectivity index (χ4n) is 1.52. The lowest BCUT2D eigenvalue weighted by molar-refractivity contribution is 0.0695. The summed E-state index contributed by atoms with van der Waals surface area (Å²) < 4.78 is 0. The molecule has 1 heterocycles. The first-order valence-corrected chi connectivity index (χ1v) is 5.96. The van der Waals surface area contributed by atoms with Gasteiger partial charge in [-0.15, -0.1) is 0 Å². The molecule has 0 atom stereocenters. The SMILES string of the molecule is Cc1nc(NCCCCN(C)C)ncc1C(=O)O. The molecule has 0 bridgehead atoms. The van der Waals surface area contributed by atoms with Gasteiger partial charge >= 0.3 is 5.97 Å². The summed E-state index contributed by atoms with van der Waals surface area (Å²) in [4.78, 5) is 21.0. The normalized spacial score (nSPS) is 10.7. The molecule has 18 heavy (non-hydrogen) atoms. The Balaban J connectivity index is 2.39. The Kier molecular flexibility index (Phi) is 5.51. The first-order valence-electron chi connectivity index (χ1n) is 5.96. The van der Waals surface area contributed by atoms with Crippen molar-refractivity contribution in [3.8, 4) is 0 Å². The average Bonchev–Trinajstić information content (AvgIpc) is 2.27. The number of aryl methyl sites for hydroxylation is 1. The lowest BCUT2D eigenvalue weighted by atomic mass is 10.2. The van der Waals surface area contributed by atoms with E-state index >= 15 is 0 Å². The molecule has 6 nitrogen and oxygen atoms in total. The number of aromatic carboxylic acids is 1. The molecular weight excluding hydrogens is 232 g/mol. The van der Waals surface area contributed by atoms with Crippen LogP contribution < -0.4 is 5.32 Å². The van der Waals surface area contributed by atoms with Gasteiger partial charge in [-0.3, -0.25) is 0 Å². The number of hydrogen-bond acceptors (Lipinski definition) is 5. The van der Waals surface area contributed by atoms with E-state index in [1.54, 1.807) is 6.92 Å². The second-order valence-electron chi connectivity index (χ2n) is 4.44. The number of hydrogen-bond donors (Lipinski definition) is 2. The van der Waals surface area contributed by atoms with Crippen molar-refractivity contribution in [1.29, 1.82) is 0 Å². The van der Waals surface area contributed by atoms with Gasteiger partial charge < -0.3 is 15.3 Å². The average molecular weight is 252 g/mol. The van der Waals surface area contributed by atoms with Gasteiger partial charge in [0.15, 0.2) is 0 Å². The molecule has 100 valence electrons. The zero-order valence-corrected chi connectivity index (χ0v) is 11.1. The molecule has 1 rings (SSSR count). The molecule has 0 radical (unpaired) electrons. The van der Waals surface area contributed by atoms with Gasteiger partial charge in [-0.1, -0.05) is 0 Å². The Morgan fingerprint density at radius 3 is 2.72 bits per heavy atom. The minimum atomic E-state index is -0.995. The van der Waals surface area contributed by atoms with Crippen LogP contribution in [0.4, 0.5) is 5.95 Å². The molecule has 0 saturated carbocycles. The standard InChI is InChI=1S/C12H20N4O2/c1-9-10(11(17)18)8-14-12(15-9)13-6-4-5-7-16(2)3/h8H,4-7H2,1-3H3,(H,17,18)(H,13,14,15). The van der Waals surface area contributed by atoms with Crippen LogP contribution in [0.5, 0.6) is 0 Å². The van der Waals surface area contributed by atoms with E-state index in [-0.39, 0.29) is 5.56 Å².